The largest absolute Gasteiger partial charge is 0.508 e. The molecule has 1 N–H and O–H groups in total. The van der Waals surface area contributed by atoms with Crippen LogP contribution in [0.3, 0.4) is 0 Å². The normalized spacial score (nSPS) is 15.7. The van der Waals surface area contributed by atoms with Gasteiger partial charge >= 0.3 is 0 Å². The number of phenolic OH excluding ortho intramolecular Hbond substituents is 1. The Labute approximate surface area is 192 Å². The molecule has 0 aliphatic carbocycles. The number of benzene rings is 3. The third kappa shape index (κ3) is 4.89. The summed E-state index contributed by atoms with van der Waals surface area (Å²) in [6.07, 6.45) is 0.930. The molecule has 1 fully saturated rings. The highest BCUT2D eigenvalue weighted by Crippen LogP contribution is 2.35. The zero-order valence-corrected chi connectivity index (χ0v) is 19.5. The molecule has 1 aliphatic rings. The second-order valence-corrected chi connectivity index (χ2v) is 8.78. The molecule has 4 rings (SSSR count). The molecule has 166 valence electrons. The van der Waals surface area contributed by atoms with E-state index in [9.17, 15) is 5.11 Å². The van der Waals surface area contributed by atoms with Gasteiger partial charge < -0.3 is 10.0 Å². The molecule has 0 saturated carbocycles. The number of anilines is 1. The second-order valence-electron chi connectivity index (χ2n) is 8.78. The Bertz CT molecular complexity index is 1030. The maximum absolute atomic E-state index is 9.83. The average Bonchev–Trinajstić information content (AvgIpc) is 2.84. The van der Waals surface area contributed by atoms with Crippen LogP contribution in [0.25, 0.3) is 11.1 Å². The molecule has 3 aromatic rings. The topological polar surface area (TPSA) is 26.7 Å². The first kappa shape index (κ1) is 22.2. The Hall–Kier alpha value is -3.04. The Kier molecular flexibility index (Phi) is 6.96. The zero-order valence-electron chi connectivity index (χ0n) is 19.5. The molecule has 0 radical (unpaired) electrons. The molecule has 0 spiro atoms. The van der Waals surface area contributed by atoms with Gasteiger partial charge in [-0.15, -0.1) is 0 Å². The van der Waals surface area contributed by atoms with Crippen molar-refractivity contribution >= 4 is 16.8 Å². The zero-order chi connectivity index (χ0) is 22.5. The van der Waals surface area contributed by atoms with Gasteiger partial charge in [0, 0.05) is 37.9 Å². The second kappa shape index (κ2) is 10.1. The molecule has 0 unspecified atom stereocenters. The molecule has 0 atom stereocenters. The van der Waals surface area contributed by atoms with E-state index >= 15 is 0 Å². The molecular formula is C29H34N2O. The number of hydrogen-bond acceptors (Lipinski definition) is 3. The van der Waals surface area contributed by atoms with E-state index in [2.05, 4.69) is 85.2 Å². The number of hydrogen-bond donors (Lipinski definition) is 1. The smallest absolute Gasteiger partial charge is 0.115 e. The van der Waals surface area contributed by atoms with Gasteiger partial charge in [-0.25, -0.2) is 0 Å². The van der Waals surface area contributed by atoms with Gasteiger partial charge in [0.2, 0.25) is 0 Å². The maximum Gasteiger partial charge on any atom is 0.115 e. The first-order chi connectivity index (χ1) is 15.6. The summed E-state index contributed by atoms with van der Waals surface area (Å²) < 4.78 is 0. The Morgan fingerprint density at radius 1 is 0.750 bits per heavy atom. The first-order valence-electron chi connectivity index (χ1n) is 11.7. The third-order valence-electron chi connectivity index (χ3n) is 6.50. The molecule has 1 heterocycles. The van der Waals surface area contributed by atoms with E-state index in [1.54, 1.807) is 12.1 Å². The number of nitrogens with zero attached hydrogens (tertiary/aromatic N) is 2. The van der Waals surface area contributed by atoms with Gasteiger partial charge in [-0.1, -0.05) is 61.5 Å². The van der Waals surface area contributed by atoms with Gasteiger partial charge in [0.05, 0.1) is 0 Å². The third-order valence-corrected chi connectivity index (χ3v) is 6.50. The van der Waals surface area contributed by atoms with Crippen molar-refractivity contribution in [2.24, 2.45) is 0 Å². The highest BCUT2D eigenvalue weighted by molar-refractivity contribution is 5.98. The predicted molar refractivity (Wildman–Crippen MR) is 136 cm³/mol. The Morgan fingerprint density at radius 3 is 1.84 bits per heavy atom. The summed E-state index contributed by atoms with van der Waals surface area (Å²) in [5.74, 6) is 0.293. The van der Waals surface area contributed by atoms with Crippen molar-refractivity contribution in [3.8, 4) is 5.75 Å². The summed E-state index contributed by atoms with van der Waals surface area (Å²) >= 11 is 0. The molecule has 0 amide bonds. The fourth-order valence-corrected chi connectivity index (χ4v) is 4.64. The lowest BCUT2D eigenvalue weighted by Gasteiger charge is -2.38. The Balaban J connectivity index is 1.69. The minimum absolute atomic E-state index is 0.293. The van der Waals surface area contributed by atoms with Crippen LogP contribution in [0.1, 0.15) is 43.9 Å². The maximum atomic E-state index is 9.83. The van der Waals surface area contributed by atoms with Crippen molar-refractivity contribution in [1.29, 1.82) is 0 Å². The lowest BCUT2D eigenvalue weighted by atomic mass is 9.88. The van der Waals surface area contributed by atoms with Crippen LogP contribution in [-0.2, 0) is 0 Å². The van der Waals surface area contributed by atoms with Crippen LogP contribution in [0.2, 0.25) is 0 Å². The van der Waals surface area contributed by atoms with Crippen LogP contribution >= 0.6 is 0 Å². The van der Waals surface area contributed by atoms with Crippen molar-refractivity contribution in [2.45, 2.75) is 33.2 Å². The van der Waals surface area contributed by atoms with Crippen molar-refractivity contribution in [3.05, 3.63) is 95.6 Å². The number of phenols is 1. The lowest BCUT2D eigenvalue weighted by molar-refractivity contribution is 0.209. The van der Waals surface area contributed by atoms with E-state index in [0.717, 1.165) is 38.2 Å². The van der Waals surface area contributed by atoms with Crippen molar-refractivity contribution < 1.29 is 5.11 Å². The summed E-state index contributed by atoms with van der Waals surface area (Å²) in [6, 6.07) is 27.8. The number of piperazine rings is 1. The molecule has 0 bridgehead atoms. The summed E-state index contributed by atoms with van der Waals surface area (Å²) in [5, 5.41) is 9.83. The molecule has 0 aromatic heterocycles. The van der Waals surface area contributed by atoms with Crippen molar-refractivity contribution in [3.63, 3.8) is 0 Å². The highest BCUT2D eigenvalue weighted by Gasteiger charge is 2.19. The molecule has 1 saturated heterocycles. The van der Waals surface area contributed by atoms with E-state index in [4.69, 9.17) is 0 Å². The molecular weight excluding hydrogens is 392 g/mol. The molecule has 1 aliphatic heterocycles. The SMILES string of the molecule is CC/C(=C(\c1ccc(O)cc1)c1ccc(N2CCN(C(C)C)CC2)cc1)c1ccccc1. The van der Waals surface area contributed by atoms with E-state index in [1.165, 1.54) is 28.0 Å². The van der Waals surface area contributed by atoms with E-state index < -0.39 is 0 Å². The Morgan fingerprint density at radius 2 is 1.31 bits per heavy atom. The highest BCUT2D eigenvalue weighted by atomic mass is 16.3. The predicted octanol–water partition coefficient (Wildman–Crippen LogP) is 6.29. The van der Waals surface area contributed by atoms with Gasteiger partial charge in [-0.3, -0.25) is 4.90 Å². The van der Waals surface area contributed by atoms with Crippen LogP contribution in [0.4, 0.5) is 5.69 Å². The number of aromatic hydroxyl groups is 1. The van der Waals surface area contributed by atoms with Gasteiger partial charge in [-0.05, 0) is 72.4 Å². The van der Waals surface area contributed by atoms with Crippen LogP contribution in [-0.4, -0.2) is 42.2 Å². The molecule has 3 heteroatoms. The fourth-order valence-electron chi connectivity index (χ4n) is 4.64. The molecule has 32 heavy (non-hydrogen) atoms. The summed E-state index contributed by atoms with van der Waals surface area (Å²) in [7, 11) is 0. The van der Waals surface area contributed by atoms with Gasteiger partial charge in [-0.2, -0.15) is 0 Å². The van der Waals surface area contributed by atoms with Gasteiger partial charge in [0.15, 0.2) is 0 Å². The van der Waals surface area contributed by atoms with Crippen molar-refractivity contribution in [2.75, 3.05) is 31.1 Å². The lowest BCUT2D eigenvalue weighted by Crippen LogP contribution is -2.48. The monoisotopic (exact) mass is 426 g/mol. The number of rotatable bonds is 6. The number of allylic oxidation sites excluding steroid dienone is 1. The van der Waals surface area contributed by atoms with Crippen LogP contribution in [0, 0.1) is 0 Å². The quantitative estimate of drug-likeness (QED) is 0.469. The van der Waals surface area contributed by atoms with Crippen LogP contribution < -0.4 is 4.90 Å². The van der Waals surface area contributed by atoms with Gasteiger partial charge in [0.25, 0.3) is 0 Å². The van der Waals surface area contributed by atoms with Crippen LogP contribution in [0.15, 0.2) is 78.9 Å². The fraction of sp³-hybridized carbons (Fsp3) is 0.310. The summed E-state index contributed by atoms with van der Waals surface area (Å²) in [6.45, 7) is 11.1. The van der Waals surface area contributed by atoms with E-state index in [0.29, 0.717) is 11.8 Å². The molecule has 3 nitrogen and oxygen atoms in total. The first-order valence-corrected chi connectivity index (χ1v) is 11.7. The van der Waals surface area contributed by atoms with Crippen LogP contribution in [0.5, 0.6) is 5.75 Å². The van der Waals surface area contributed by atoms with Gasteiger partial charge in [0.1, 0.15) is 5.75 Å². The summed E-state index contributed by atoms with van der Waals surface area (Å²) in [4.78, 5) is 5.04. The minimum atomic E-state index is 0.293. The molecule has 3 aromatic carbocycles. The van der Waals surface area contributed by atoms with E-state index in [1.807, 2.05) is 12.1 Å². The average molecular weight is 427 g/mol. The minimum Gasteiger partial charge on any atom is -0.508 e. The van der Waals surface area contributed by atoms with Crippen molar-refractivity contribution in [1.82, 2.24) is 4.90 Å². The summed E-state index contributed by atoms with van der Waals surface area (Å²) in [5.41, 5.74) is 7.42. The standard InChI is InChI=1S/C29H34N2O/c1-4-28(23-8-6-5-7-9-23)29(25-12-16-27(32)17-13-25)24-10-14-26(15-11-24)31-20-18-30(19-21-31)22(2)3/h5-17,22,32H,4,18-21H2,1-3H3/b29-28+. The van der Waals surface area contributed by atoms with E-state index in [-0.39, 0.29) is 0 Å².